The maximum atomic E-state index is 3.64. The van der Waals surface area contributed by atoms with E-state index in [-0.39, 0.29) is 0 Å². The molecule has 0 aliphatic rings. The van der Waals surface area contributed by atoms with Gasteiger partial charge in [-0.15, -0.1) is 0 Å². The highest BCUT2D eigenvalue weighted by atomic mass is 79.9. The second-order valence-electron chi connectivity index (χ2n) is 5.32. The Labute approximate surface area is 127 Å². The average molecular weight is 326 g/mol. The number of aryl methyl sites for hydroxylation is 1. The summed E-state index contributed by atoms with van der Waals surface area (Å²) >= 11 is 3.64. The number of rotatable bonds is 9. The van der Waals surface area contributed by atoms with Gasteiger partial charge in [-0.1, -0.05) is 74.0 Å². The summed E-state index contributed by atoms with van der Waals surface area (Å²) in [6.07, 6.45) is 8.01. The van der Waals surface area contributed by atoms with Gasteiger partial charge in [-0.05, 0) is 37.1 Å². The lowest BCUT2D eigenvalue weighted by atomic mass is 9.99. The van der Waals surface area contributed by atoms with Crippen LogP contribution in [0, 0.1) is 6.92 Å². The van der Waals surface area contributed by atoms with Crippen molar-refractivity contribution in [2.75, 3.05) is 6.54 Å². The minimum absolute atomic E-state index is 0.503. The lowest BCUT2D eigenvalue weighted by molar-refractivity contribution is 0.478. The Hall–Kier alpha value is -0.340. The Morgan fingerprint density at radius 3 is 2.47 bits per heavy atom. The second kappa shape index (κ2) is 9.55. The SMILES string of the molecule is CCCCCCCC(NCC)c1ccc(C)c(Br)c1. The molecule has 0 aromatic heterocycles. The first-order valence-electron chi connectivity index (χ1n) is 7.68. The molecule has 0 radical (unpaired) electrons. The van der Waals surface area contributed by atoms with Gasteiger partial charge in [0.1, 0.15) is 0 Å². The molecule has 1 atom stereocenters. The largest absolute Gasteiger partial charge is 0.310 e. The number of hydrogen-bond donors (Lipinski definition) is 1. The van der Waals surface area contributed by atoms with Crippen LogP contribution in [0.1, 0.15) is 69.5 Å². The maximum Gasteiger partial charge on any atom is 0.0320 e. The van der Waals surface area contributed by atoms with Crippen molar-refractivity contribution in [2.45, 2.75) is 65.3 Å². The van der Waals surface area contributed by atoms with Crippen molar-refractivity contribution in [3.63, 3.8) is 0 Å². The molecule has 0 spiro atoms. The van der Waals surface area contributed by atoms with Gasteiger partial charge in [0.25, 0.3) is 0 Å². The molecular weight excluding hydrogens is 298 g/mol. The fourth-order valence-electron chi connectivity index (χ4n) is 2.41. The van der Waals surface area contributed by atoms with Crippen LogP contribution in [-0.2, 0) is 0 Å². The quantitative estimate of drug-likeness (QED) is 0.568. The zero-order valence-corrected chi connectivity index (χ0v) is 14.2. The van der Waals surface area contributed by atoms with Crippen LogP contribution in [0.15, 0.2) is 22.7 Å². The molecule has 0 bridgehead atoms. The fourth-order valence-corrected chi connectivity index (χ4v) is 2.81. The van der Waals surface area contributed by atoms with Crippen molar-refractivity contribution in [1.29, 1.82) is 0 Å². The molecule has 1 rings (SSSR count). The molecule has 2 heteroatoms. The number of benzene rings is 1. The van der Waals surface area contributed by atoms with Crippen LogP contribution in [0.3, 0.4) is 0 Å². The molecule has 0 saturated heterocycles. The van der Waals surface area contributed by atoms with Gasteiger partial charge >= 0.3 is 0 Å². The first-order valence-corrected chi connectivity index (χ1v) is 8.47. The lowest BCUT2D eigenvalue weighted by Gasteiger charge is -2.19. The van der Waals surface area contributed by atoms with Gasteiger partial charge in [0.05, 0.1) is 0 Å². The molecule has 1 N–H and O–H groups in total. The van der Waals surface area contributed by atoms with Crippen LogP contribution in [0.5, 0.6) is 0 Å². The lowest BCUT2D eigenvalue weighted by Crippen LogP contribution is -2.20. The van der Waals surface area contributed by atoms with Crippen molar-refractivity contribution in [3.8, 4) is 0 Å². The Bertz CT molecular complexity index is 362. The predicted octanol–water partition coefficient (Wildman–Crippen LogP) is 5.77. The van der Waals surface area contributed by atoms with E-state index in [1.165, 1.54) is 54.1 Å². The van der Waals surface area contributed by atoms with Gasteiger partial charge in [0, 0.05) is 10.5 Å². The monoisotopic (exact) mass is 325 g/mol. The number of unbranched alkanes of at least 4 members (excludes halogenated alkanes) is 4. The summed E-state index contributed by atoms with van der Waals surface area (Å²) in [5.41, 5.74) is 2.72. The molecule has 1 aromatic rings. The minimum Gasteiger partial charge on any atom is -0.310 e. The highest BCUT2D eigenvalue weighted by Gasteiger charge is 2.10. The Kier molecular flexibility index (Phi) is 8.40. The van der Waals surface area contributed by atoms with Gasteiger partial charge in [-0.3, -0.25) is 0 Å². The Morgan fingerprint density at radius 2 is 1.84 bits per heavy atom. The molecule has 1 aromatic carbocycles. The second-order valence-corrected chi connectivity index (χ2v) is 6.18. The fraction of sp³-hybridized carbons (Fsp3) is 0.647. The number of hydrogen-bond acceptors (Lipinski definition) is 1. The van der Waals surface area contributed by atoms with Crippen LogP contribution in [0.2, 0.25) is 0 Å². The average Bonchev–Trinajstić information content (AvgIpc) is 2.40. The number of halogens is 1. The van der Waals surface area contributed by atoms with Crippen molar-refractivity contribution >= 4 is 15.9 Å². The van der Waals surface area contributed by atoms with E-state index in [0.29, 0.717) is 6.04 Å². The van der Waals surface area contributed by atoms with Crippen molar-refractivity contribution in [2.24, 2.45) is 0 Å². The normalized spacial score (nSPS) is 12.6. The van der Waals surface area contributed by atoms with E-state index in [1.807, 2.05) is 0 Å². The molecule has 0 heterocycles. The summed E-state index contributed by atoms with van der Waals surface area (Å²) in [4.78, 5) is 0. The van der Waals surface area contributed by atoms with Crippen LogP contribution in [-0.4, -0.2) is 6.54 Å². The maximum absolute atomic E-state index is 3.64. The molecule has 108 valence electrons. The van der Waals surface area contributed by atoms with Crippen molar-refractivity contribution in [1.82, 2.24) is 5.32 Å². The molecule has 0 fully saturated rings. The summed E-state index contributed by atoms with van der Waals surface area (Å²) in [6.45, 7) is 7.63. The zero-order chi connectivity index (χ0) is 14.1. The molecule has 0 amide bonds. The van der Waals surface area contributed by atoms with Crippen molar-refractivity contribution < 1.29 is 0 Å². The third-order valence-electron chi connectivity index (χ3n) is 3.65. The van der Waals surface area contributed by atoms with Crippen molar-refractivity contribution in [3.05, 3.63) is 33.8 Å². The Morgan fingerprint density at radius 1 is 1.11 bits per heavy atom. The standard InChI is InChI=1S/C17H28BrN/c1-4-6-7-8-9-10-17(19-5-2)15-12-11-14(3)16(18)13-15/h11-13,17,19H,4-10H2,1-3H3. The van der Waals surface area contributed by atoms with E-state index in [9.17, 15) is 0 Å². The van der Waals surface area contributed by atoms with E-state index in [2.05, 4.69) is 60.2 Å². The minimum atomic E-state index is 0.503. The van der Waals surface area contributed by atoms with Gasteiger partial charge in [0.2, 0.25) is 0 Å². The third kappa shape index (κ3) is 6.09. The first-order chi connectivity index (χ1) is 9.19. The third-order valence-corrected chi connectivity index (χ3v) is 4.50. The summed E-state index contributed by atoms with van der Waals surface area (Å²) in [6, 6.07) is 7.25. The van der Waals surface area contributed by atoms with Gasteiger partial charge < -0.3 is 5.32 Å². The van der Waals surface area contributed by atoms with E-state index < -0.39 is 0 Å². The summed E-state index contributed by atoms with van der Waals surface area (Å²) < 4.78 is 1.22. The van der Waals surface area contributed by atoms with Crippen LogP contribution in [0.4, 0.5) is 0 Å². The van der Waals surface area contributed by atoms with Crippen LogP contribution in [0.25, 0.3) is 0 Å². The Balaban J connectivity index is 2.53. The zero-order valence-electron chi connectivity index (χ0n) is 12.6. The number of nitrogens with one attached hydrogen (secondary N) is 1. The van der Waals surface area contributed by atoms with E-state index in [4.69, 9.17) is 0 Å². The van der Waals surface area contributed by atoms with Gasteiger partial charge in [-0.25, -0.2) is 0 Å². The molecular formula is C17H28BrN. The molecule has 1 nitrogen and oxygen atoms in total. The summed E-state index contributed by atoms with van der Waals surface area (Å²) in [5, 5.41) is 3.62. The summed E-state index contributed by atoms with van der Waals surface area (Å²) in [5.74, 6) is 0. The highest BCUT2D eigenvalue weighted by molar-refractivity contribution is 9.10. The molecule has 1 unspecified atom stereocenters. The first kappa shape index (κ1) is 16.7. The van der Waals surface area contributed by atoms with Crippen LogP contribution < -0.4 is 5.32 Å². The summed E-state index contributed by atoms with van der Waals surface area (Å²) in [7, 11) is 0. The van der Waals surface area contributed by atoms with E-state index in [1.54, 1.807) is 0 Å². The molecule has 19 heavy (non-hydrogen) atoms. The predicted molar refractivity (Wildman–Crippen MR) is 88.7 cm³/mol. The van der Waals surface area contributed by atoms with Crippen LogP contribution >= 0.6 is 15.9 Å². The van der Waals surface area contributed by atoms with Gasteiger partial charge in [0.15, 0.2) is 0 Å². The van der Waals surface area contributed by atoms with Gasteiger partial charge in [-0.2, -0.15) is 0 Å². The topological polar surface area (TPSA) is 12.0 Å². The van der Waals surface area contributed by atoms with E-state index >= 15 is 0 Å². The molecule has 0 saturated carbocycles. The highest BCUT2D eigenvalue weighted by Crippen LogP contribution is 2.25. The van der Waals surface area contributed by atoms with E-state index in [0.717, 1.165) is 6.54 Å². The molecule has 0 aliphatic heterocycles. The molecule has 0 aliphatic carbocycles. The smallest absolute Gasteiger partial charge is 0.0320 e.